The van der Waals surface area contributed by atoms with Gasteiger partial charge in [-0.15, -0.1) is 0 Å². The van der Waals surface area contributed by atoms with Gasteiger partial charge in [-0.1, -0.05) is 22.5 Å². The molecule has 0 unspecified atom stereocenters. The Morgan fingerprint density at radius 1 is 1.56 bits per heavy atom. The second-order valence-electron chi connectivity index (χ2n) is 2.96. The van der Waals surface area contributed by atoms with Crippen LogP contribution < -0.4 is 4.74 Å². The molecule has 16 heavy (non-hydrogen) atoms. The third-order valence-electron chi connectivity index (χ3n) is 1.77. The summed E-state index contributed by atoms with van der Waals surface area (Å²) in [6.07, 6.45) is 0. The Bertz CT molecular complexity index is 418. The summed E-state index contributed by atoms with van der Waals surface area (Å²) in [5.41, 5.74) is 0.290. The Balaban J connectivity index is 2.64. The molecular formula is C11H10BrIO3. The minimum atomic E-state index is -0.454. The van der Waals surface area contributed by atoms with Crippen molar-refractivity contribution in [3.8, 4) is 5.75 Å². The highest BCUT2D eigenvalue weighted by atomic mass is 127. The van der Waals surface area contributed by atoms with Crippen molar-refractivity contribution in [1.29, 1.82) is 0 Å². The van der Waals surface area contributed by atoms with E-state index in [1.165, 1.54) is 7.11 Å². The van der Waals surface area contributed by atoms with E-state index in [9.17, 15) is 4.79 Å². The number of hydrogen-bond donors (Lipinski definition) is 0. The van der Waals surface area contributed by atoms with Crippen LogP contribution in [-0.2, 0) is 9.53 Å². The summed E-state index contributed by atoms with van der Waals surface area (Å²) in [4.78, 5) is 11.1. The average molecular weight is 397 g/mol. The zero-order chi connectivity index (χ0) is 12.1. The summed E-state index contributed by atoms with van der Waals surface area (Å²) in [7, 11) is 1.32. The molecule has 0 aliphatic heterocycles. The third-order valence-corrected chi connectivity index (χ3v) is 3.15. The zero-order valence-corrected chi connectivity index (χ0v) is 12.4. The minimum absolute atomic E-state index is 0.124. The Kier molecular flexibility index (Phi) is 5.27. The molecule has 0 amide bonds. The molecule has 0 aliphatic carbocycles. The van der Waals surface area contributed by atoms with Crippen molar-refractivity contribution in [2.75, 3.05) is 13.7 Å². The predicted octanol–water partition coefficient (Wildman–Crippen LogP) is 3.16. The molecule has 0 aliphatic rings. The molecule has 1 aromatic rings. The van der Waals surface area contributed by atoms with Crippen LogP contribution in [0.1, 0.15) is 0 Å². The van der Waals surface area contributed by atoms with Crippen LogP contribution in [0.25, 0.3) is 0 Å². The van der Waals surface area contributed by atoms with Crippen molar-refractivity contribution < 1.29 is 14.3 Å². The van der Waals surface area contributed by atoms with Crippen LogP contribution in [0.15, 0.2) is 34.8 Å². The van der Waals surface area contributed by atoms with Gasteiger partial charge in [0.2, 0.25) is 0 Å². The van der Waals surface area contributed by atoms with Crippen molar-refractivity contribution >= 4 is 44.5 Å². The van der Waals surface area contributed by atoms with Crippen LogP contribution in [0.3, 0.4) is 0 Å². The van der Waals surface area contributed by atoms with Gasteiger partial charge in [-0.3, -0.25) is 0 Å². The van der Waals surface area contributed by atoms with E-state index in [0.717, 1.165) is 8.04 Å². The van der Waals surface area contributed by atoms with Gasteiger partial charge in [0.25, 0.3) is 0 Å². The standard InChI is InChI=1S/C11H10BrIO3/c1-7(11(14)15-2)6-16-10-5-8(12)3-4-9(10)13/h3-5H,1,6H2,2H3. The van der Waals surface area contributed by atoms with E-state index in [0.29, 0.717) is 11.3 Å². The first-order valence-corrected chi connectivity index (χ1v) is 6.25. The van der Waals surface area contributed by atoms with Crippen molar-refractivity contribution in [2.24, 2.45) is 0 Å². The molecule has 1 aromatic carbocycles. The molecule has 86 valence electrons. The van der Waals surface area contributed by atoms with Gasteiger partial charge in [-0.25, -0.2) is 4.79 Å². The van der Waals surface area contributed by atoms with E-state index in [1.54, 1.807) is 0 Å². The number of esters is 1. The maximum absolute atomic E-state index is 11.1. The molecule has 0 saturated carbocycles. The van der Waals surface area contributed by atoms with Crippen LogP contribution in [0, 0.1) is 3.57 Å². The quantitative estimate of drug-likeness (QED) is 0.445. The number of ether oxygens (including phenoxy) is 2. The van der Waals surface area contributed by atoms with Gasteiger partial charge in [0.05, 0.1) is 16.3 Å². The van der Waals surface area contributed by atoms with Crippen LogP contribution in [0.4, 0.5) is 0 Å². The Morgan fingerprint density at radius 2 is 2.25 bits per heavy atom. The van der Waals surface area contributed by atoms with Crippen LogP contribution in [0.5, 0.6) is 5.75 Å². The molecule has 0 saturated heterocycles. The normalized spacial score (nSPS) is 9.69. The summed E-state index contributed by atoms with van der Waals surface area (Å²) < 4.78 is 11.9. The van der Waals surface area contributed by atoms with E-state index in [1.807, 2.05) is 18.2 Å². The molecular weight excluding hydrogens is 387 g/mol. The second kappa shape index (κ2) is 6.24. The highest BCUT2D eigenvalue weighted by molar-refractivity contribution is 14.1. The molecule has 0 heterocycles. The van der Waals surface area contributed by atoms with Gasteiger partial charge in [0, 0.05) is 4.47 Å². The summed E-state index contributed by atoms with van der Waals surface area (Å²) in [5.74, 6) is 0.255. The van der Waals surface area contributed by atoms with Crippen molar-refractivity contribution in [2.45, 2.75) is 0 Å². The fraction of sp³-hybridized carbons (Fsp3) is 0.182. The lowest BCUT2D eigenvalue weighted by molar-refractivity contribution is -0.136. The molecule has 0 aromatic heterocycles. The first kappa shape index (κ1) is 13.5. The van der Waals surface area contributed by atoms with Crippen molar-refractivity contribution in [3.05, 3.63) is 38.4 Å². The first-order chi connectivity index (χ1) is 7.54. The van der Waals surface area contributed by atoms with E-state index >= 15 is 0 Å². The maximum atomic E-state index is 11.1. The lowest BCUT2D eigenvalue weighted by Gasteiger charge is -2.09. The Hall–Kier alpha value is -0.560. The summed E-state index contributed by atoms with van der Waals surface area (Å²) >= 11 is 5.51. The van der Waals surface area contributed by atoms with Gasteiger partial charge < -0.3 is 9.47 Å². The van der Waals surface area contributed by atoms with Crippen molar-refractivity contribution in [1.82, 2.24) is 0 Å². The molecule has 0 atom stereocenters. The second-order valence-corrected chi connectivity index (χ2v) is 5.04. The molecule has 1 rings (SSSR count). The van der Waals surface area contributed by atoms with E-state index < -0.39 is 5.97 Å². The number of carbonyl (C=O) groups is 1. The van der Waals surface area contributed by atoms with Gasteiger partial charge in [-0.05, 0) is 40.8 Å². The molecule has 0 bridgehead atoms. The summed E-state index contributed by atoms with van der Waals surface area (Å²) in [5, 5.41) is 0. The molecule has 0 fully saturated rings. The lowest BCUT2D eigenvalue weighted by atomic mass is 10.3. The number of benzene rings is 1. The molecule has 0 N–H and O–H groups in total. The Labute approximate surface area is 116 Å². The highest BCUT2D eigenvalue weighted by Gasteiger charge is 2.08. The fourth-order valence-electron chi connectivity index (χ4n) is 0.956. The monoisotopic (exact) mass is 396 g/mol. The molecule has 0 spiro atoms. The van der Waals surface area contributed by atoms with Crippen LogP contribution >= 0.6 is 38.5 Å². The van der Waals surface area contributed by atoms with Crippen molar-refractivity contribution in [3.63, 3.8) is 0 Å². The number of hydrogen-bond acceptors (Lipinski definition) is 3. The highest BCUT2D eigenvalue weighted by Crippen LogP contribution is 2.25. The van der Waals surface area contributed by atoms with Crippen LogP contribution in [0.2, 0.25) is 0 Å². The maximum Gasteiger partial charge on any atom is 0.336 e. The topological polar surface area (TPSA) is 35.5 Å². The number of rotatable bonds is 4. The average Bonchev–Trinajstić information content (AvgIpc) is 2.28. The smallest absolute Gasteiger partial charge is 0.336 e. The van der Waals surface area contributed by atoms with Gasteiger partial charge in [-0.2, -0.15) is 0 Å². The van der Waals surface area contributed by atoms with Gasteiger partial charge >= 0.3 is 5.97 Å². The zero-order valence-electron chi connectivity index (χ0n) is 8.63. The summed E-state index contributed by atoms with van der Waals surface area (Å²) in [6, 6.07) is 5.68. The molecule has 3 nitrogen and oxygen atoms in total. The number of halogens is 2. The van der Waals surface area contributed by atoms with Gasteiger partial charge in [0.15, 0.2) is 0 Å². The van der Waals surface area contributed by atoms with Gasteiger partial charge in [0.1, 0.15) is 12.4 Å². The SMILES string of the molecule is C=C(COc1cc(Br)ccc1I)C(=O)OC. The molecule has 5 heteroatoms. The van der Waals surface area contributed by atoms with E-state index in [4.69, 9.17) is 4.74 Å². The first-order valence-electron chi connectivity index (χ1n) is 4.38. The Morgan fingerprint density at radius 3 is 2.88 bits per heavy atom. The predicted molar refractivity (Wildman–Crippen MR) is 73.5 cm³/mol. The van der Waals surface area contributed by atoms with Crippen LogP contribution in [-0.4, -0.2) is 19.7 Å². The molecule has 0 radical (unpaired) electrons. The number of carbonyl (C=O) groups excluding carboxylic acids is 1. The minimum Gasteiger partial charge on any atom is -0.488 e. The number of methoxy groups -OCH3 is 1. The lowest BCUT2D eigenvalue weighted by Crippen LogP contribution is -2.11. The fourth-order valence-corrected chi connectivity index (χ4v) is 1.79. The van der Waals surface area contributed by atoms with E-state index in [2.05, 4.69) is 49.8 Å². The summed E-state index contributed by atoms with van der Waals surface area (Å²) in [6.45, 7) is 3.70. The third kappa shape index (κ3) is 3.79. The largest absolute Gasteiger partial charge is 0.488 e. The van der Waals surface area contributed by atoms with E-state index in [-0.39, 0.29) is 6.61 Å².